The molecular formula is C18H21N3O5. The van der Waals surface area contributed by atoms with Gasteiger partial charge in [-0.25, -0.2) is 4.79 Å². The summed E-state index contributed by atoms with van der Waals surface area (Å²) in [5.41, 5.74) is 1.23. The monoisotopic (exact) mass is 359 g/mol. The Labute approximate surface area is 149 Å². The minimum absolute atomic E-state index is 0.0538. The minimum Gasteiger partial charge on any atom is -0.483 e. The summed E-state index contributed by atoms with van der Waals surface area (Å²) < 4.78 is 0. The van der Waals surface area contributed by atoms with Crippen molar-refractivity contribution in [1.29, 1.82) is 0 Å². The average Bonchev–Trinajstić information content (AvgIpc) is 3.06. The molecule has 3 aliphatic rings. The third-order valence-electron chi connectivity index (χ3n) is 5.31. The molecule has 1 aromatic heterocycles. The number of nitrogens with one attached hydrogen (secondary N) is 1. The van der Waals surface area contributed by atoms with Crippen molar-refractivity contribution in [2.75, 3.05) is 19.6 Å². The van der Waals surface area contributed by atoms with E-state index in [9.17, 15) is 9.59 Å². The molecule has 0 saturated carbocycles. The van der Waals surface area contributed by atoms with Gasteiger partial charge in [-0.1, -0.05) is 0 Å². The number of ketones is 1. The van der Waals surface area contributed by atoms with Crippen molar-refractivity contribution >= 4 is 29.1 Å². The highest BCUT2D eigenvalue weighted by molar-refractivity contribution is 6.07. The molecule has 5 rings (SSSR count). The number of Topliss-reactive ketones (excluding diaryl/α,β-unsaturated/α-hetero) is 1. The first-order valence-corrected chi connectivity index (χ1v) is 8.58. The number of aromatic nitrogens is 2. The topological polar surface area (TPSA) is 124 Å². The van der Waals surface area contributed by atoms with Crippen LogP contribution in [0.1, 0.15) is 40.1 Å². The molecule has 0 spiro atoms. The fourth-order valence-electron chi connectivity index (χ4n) is 4.02. The number of nitrogens with zero attached hydrogens (tertiary/aromatic N) is 2. The fourth-order valence-corrected chi connectivity index (χ4v) is 4.02. The standard InChI is InChI=1S/C17H19N3O3.CH2O2/c21-15(8-12-9-20-5-3-10(12)4-6-20)16-13-2-1-11(17(22)23)7-14(13)18-19-16;2-1-3/h1-2,7,10,12H,3-6,8-9H2,(H,18,19)(H,22,23);1H,(H,2,3)/t12-;/m0./s1. The molecule has 3 aliphatic heterocycles. The van der Waals surface area contributed by atoms with Crippen LogP contribution in [0.25, 0.3) is 10.9 Å². The Bertz CT molecular complexity index is 823. The zero-order valence-electron chi connectivity index (χ0n) is 14.2. The van der Waals surface area contributed by atoms with Crippen LogP contribution >= 0.6 is 0 Å². The molecule has 3 fully saturated rings. The first kappa shape index (κ1) is 18.1. The van der Waals surface area contributed by atoms with Gasteiger partial charge in [0.1, 0.15) is 5.69 Å². The number of carbonyl (C=O) groups is 3. The van der Waals surface area contributed by atoms with Gasteiger partial charge in [0.2, 0.25) is 0 Å². The van der Waals surface area contributed by atoms with E-state index in [2.05, 4.69) is 15.1 Å². The normalized spacial score (nSPS) is 23.9. The molecule has 8 heteroatoms. The molecule has 3 N–H and O–H groups in total. The number of piperidine rings is 3. The van der Waals surface area contributed by atoms with Crippen molar-refractivity contribution in [2.45, 2.75) is 19.3 Å². The highest BCUT2D eigenvalue weighted by atomic mass is 16.4. The second-order valence-electron chi connectivity index (χ2n) is 6.77. The number of hydrogen-bond acceptors (Lipinski definition) is 5. The van der Waals surface area contributed by atoms with Gasteiger partial charge in [0.25, 0.3) is 6.47 Å². The van der Waals surface area contributed by atoms with Gasteiger partial charge in [-0.2, -0.15) is 5.10 Å². The van der Waals surface area contributed by atoms with Crippen LogP contribution in [-0.2, 0) is 4.79 Å². The minimum atomic E-state index is -0.985. The maximum atomic E-state index is 12.7. The summed E-state index contributed by atoms with van der Waals surface area (Å²) in [6, 6.07) is 4.72. The average molecular weight is 359 g/mol. The number of carbonyl (C=O) groups excluding carboxylic acids is 1. The van der Waals surface area contributed by atoms with Crippen LogP contribution in [0.4, 0.5) is 0 Å². The summed E-state index contributed by atoms with van der Waals surface area (Å²) >= 11 is 0. The van der Waals surface area contributed by atoms with E-state index in [-0.39, 0.29) is 17.8 Å². The molecule has 2 aromatic rings. The van der Waals surface area contributed by atoms with Crippen LogP contribution in [0.15, 0.2) is 18.2 Å². The molecule has 138 valence electrons. The summed E-state index contributed by atoms with van der Waals surface area (Å²) in [4.78, 5) is 34.5. The molecule has 0 unspecified atom stereocenters. The fraction of sp³-hybridized carbons (Fsp3) is 0.444. The number of fused-ring (bicyclic) bond motifs is 4. The lowest BCUT2D eigenvalue weighted by Crippen LogP contribution is -2.47. The Balaban J connectivity index is 0.000000613. The highest BCUT2D eigenvalue weighted by Gasteiger charge is 2.35. The summed E-state index contributed by atoms with van der Waals surface area (Å²) in [5.74, 6) is 0.155. The van der Waals surface area contributed by atoms with Crippen molar-refractivity contribution in [1.82, 2.24) is 15.1 Å². The number of benzene rings is 1. The largest absolute Gasteiger partial charge is 0.483 e. The first-order valence-electron chi connectivity index (χ1n) is 8.58. The number of hydrogen-bond donors (Lipinski definition) is 3. The molecule has 2 bridgehead atoms. The third kappa shape index (κ3) is 3.60. The van der Waals surface area contributed by atoms with Gasteiger partial charge in [0.15, 0.2) is 5.78 Å². The van der Waals surface area contributed by atoms with E-state index in [1.807, 2.05) is 0 Å². The number of H-pyrrole nitrogens is 1. The molecular weight excluding hydrogens is 338 g/mol. The number of rotatable bonds is 4. The molecule has 26 heavy (non-hydrogen) atoms. The Hall–Kier alpha value is -2.74. The Kier molecular flexibility index (Phi) is 5.32. The SMILES string of the molecule is O=C(O)c1ccc2c(C(=O)C[C@H]3CN4CCC3CC4)n[nH]c2c1.O=CO. The van der Waals surface area contributed by atoms with E-state index in [1.165, 1.54) is 38.1 Å². The van der Waals surface area contributed by atoms with Crippen LogP contribution in [0.3, 0.4) is 0 Å². The summed E-state index contributed by atoms with van der Waals surface area (Å²) in [7, 11) is 0. The number of carboxylic acids is 1. The van der Waals surface area contributed by atoms with Gasteiger partial charge < -0.3 is 15.1 Å². The Morgan fingerprint density at radius 2 is 2.00 bits per heavy atom. The lowest BCUT2D eigenvalue weighted by molar-refractivity contribution is -0.122. The lowest BCUT2D eigenvalue weighted by atomic mass is 9.76. The number of aromatic amines is 1. The third-order valence-corrected chi connectivity index (χ3v) is 5.31. The van der Waals surface area contributed by atoms with Crippen molar-refractivity contribution in [3.63, 3.8) is 0 Å². The van der Waals surface area contributed by atoms with Crippen LogP contribution in [0, 0.1) is 11.8 Å². The molecule has 0 amide bonds. The molecule has 0 radical (unpaired) electrons. The predicted molar refractivity (Wildman–Crippen MR) is 93.3 cm³/mol. The van der Waals surface area contributed by atoms with E-state index in [0.29, 0.717) is 34.9 Å². The zero-order valence-corrected chi connectivity index (χ0v) is 14.2. The van der Waals surface area contributed by atoms with Gasteiger partial charge in [-0.05, 0) is 56.0 Å². The Morgan fingerprint density at radius 1 is 1.31 bits per heavy atom. The van der Waals surface area contributed by atoms with Crippen molar-refractivity contribution < 1.29 is 24.6 Å². The second-order valence-corrected chi connectivity index (χ2v) is 6.77. The van der Waals surface area contributed by atoms with Gasteiger partial charge in [-0.3, -0.25) is 14.7 Å². The van der Waals surface area contributed by atoms with Crippen molar-refractivity contribution in [2.24, 2.45) is 11.8 Å². The van der Waals surface area contributed by atoms with E-state index in [4.69, 9.17) is 15.0 Å². The van der Waals surface area contributed by atoms with Gasteiger partial charge in [-0.15, -0.1) is 0 Å². The predicted octanol–water partition coefficient (Wildman–Crippen LogP) is 1.88. The van der Waals surface area contributed by atoms with Crippen molar-refractivity contribution in [3.8, 4) is 0 Å². The maximum Gasteiger partial charge on any atom is 0.335 e. The van der Waals surface area contributed by atoms with E-state index in [1.54, 1.807) is 6.07 Å². The molecule has 4 heterocycles. The van der Waals surface area contributed by atoms with Crippen LogP contribution in [0.5, 0.6) is 0 Å². The molecule has 0 aliphatic carbocycles. The van der Waals surface area contributed by atoms with Crippen LogP contribution in [0.2, 0.25) is 0 Å². The molecule has 3 saturated heterocycles. The van der Waals surface area contributed by atoms with Crippen LogP contribution < -0.4 is 0 Å². The second kappa shape index (κ2) is 7.65. The summed E-state index contributed by atoms with van der Waals surface area (Å²) in [6.45, 7) is 3.10. The molecule has 8 nitrogen and oxygen atoms in total. The van der Waals surface area contributed by atoms with E-state index >= 15 is 0 Å². The zero-order chi connectivity index (χ0) is 18.7. The van der Waals surface area contributed by atoms with Gasteiger partial charge >= 0.3 is 5.97 Å². The summed E-state index contributed by atoms with van der Waals surface area (Å²) in [6.07, 6.45) is 2.92. The molecule has 1 atom stereocenters. The first-order chi connectivity index (χ1) is 12.5. The summed E-state index contributed by atoms with van der Waals surface area (Å²) in [5, 5.41) is 23.6. The Morgan fingerprint density at radius 3 is 2.58 bits per heavy atom. The molecule has 1 aromatic carbocycles. The van der Waals surface area contributed by atoms with Crippen molar-refractivity contribution in [3.05, 3.63) is 29.5 Å². The lowest BCUT2D eigenvalue weighted by Gasteiger charge is -2.44. The van der Waals surface area contributed by atoms with Gasteiger partial charge in [0.05, 0.1) is 11.1 Å². The van der Waals surface area contributed by atoms with Crippen LogP contribution in [-0.4, -0.2) is 63.2 Å². The maximum absolute atomic E-state index is 12.7. The quantitative estimate of drug-likeness (QED) is 0.562. The van der Waals surface area contributed by atoms with E-state index < -0.39 is 5.97 Å². The highest BCUT2D eigenvalue weighted by Crippen LogP contribution is 2.35. The number of aromatic carboxylic acids is 1. The van der Waals surface area contributed by atoms with Gasteiger partial charge in [0, 0.05) is 18.4 Å². The number of carboxylic acid groups (broad SMARTS) is 2. The van der Waals surface area contributed by atoms with E-state index in [0.717, 1.165) is 6.54 Å². The smallest absolute Gasteiger partial charge is 0.335 e.